The zero-order valence-corrected chi connectivity index (χ0v) is 20.4. The van der Waals surface area contributed by atoms with Crippen LogP contribution in [0.15, 0.2) is 42.5 Å². The summed E-state index contributed by atoms with van der Waals surface area (Å²) < 4.78 is 9.12. The molecule has 164 valence electrons. The van der Waals surface area contributed by atoms with E-state index in [0.717, 1.165) is 47.1 Å². The summed E-state index contributed by atoms with van der Waals surface area (Å²) in [5.41, 5.74) is 4.46. The van der Waals surface area contributed by atoms with E-state index in [9.17, 15) is 5.11 Å². The van der Waals surface area contributed by atoms with Crippen molar-refractivity contribution in [1.82, 2.24) is 9.78 Å². The molecule has 0 fully saturated rings. The predicted octanol–water partition coefficient (Wildman–Crippen LogP) is 5.92. The fourth-order valence-corrected chi connectivity index (χ4v) is 7.77. The van der Waals surface area contributed by atoms with Gasteiger partial charge in [-0.3, -0.25) is 4.68 Å². The number of rotatable bonds is 7. The zero-order chi connectivity index (χ0) is 21.9. The molecule has 0 radical (unpaired) electrons. The van der Waals surface area contributed by atoms with Crippen LogP contribution in [0.3, 0.4) is 0 Å². The molecule has 4 unspecified atom stereocenters. The summed E-state index contributed by atoms with van der Waals surface area (Å²) in [6, 6.07) is 15.9. The molecule has 1 heterocycles. The topological polar surface area (TPSA) is 47.3 Å². The summed E-state index contributed by atoms with van der Waals surface area (Å²) in [5.74, 6) is 0.0437. The van der Waals surface area contributed by atoms with Gasteiger partial charge < -0.3 is 9.53 Å². The normalized spacial score (nSPS) is 25.1. The van der Waals surface area contributed by atoms with Crippen molar-refractivity contribution in [2.75, 3.05) is 0 Å². The average Bonchev–Trinajstić information content (AvgIpc) is 3.04. The monoisotopic (exact) mass is 426 g/mol. The second kappa shape index (κ2) is 9.63. The highest BCUT2D eigenvalue weighted by Gasteiger charge is 2.40. The van der Waals surface area contributed by atoms with E-state index >= 15 is 0 Å². The van der Waals surface area contributed by atoms with Gasteiger partial charge in [-0.1, -0.05) is 58.0 Å². The average molecular weight is 427 g/mol. The van der Waals surface area contributed by atoms with Gasteiger partial charge >= 0.3 is 0 Å². The second-order valence-corrected chi connectivity index (χ2v) is 13.6. The molecular formula is C25H38N2O2Si. The number of benzene rings is 1. The minimum atomic E-state index is -1.80. The standard InChI is InChI=1S/C25H38N2O2Si/c1-7-30(8-2,9-3)29-25-17-23(27-19(5)15-18(4)26-27)22(16-24(28)20(25)6)21-13-11-10-12-14-21/h10-16,20,23-25,28H,7-9,17H2,1-6H3. The maximum atomic E-state index is 11.1. The van der Waals surface area contributed by atoms with Crippen molar-refractivity contribution in [3.63, 3.8) is 0 Å². The van der Waals surface area contributed by atoms with Crippen LogP contribution in [0.4, 0.5) is 0 Å². The fraction of sp³-hybridized carbons (Fsp3) is 0.560. The first kappa shape index (κ1) is 23.0. The van der Waals surface area contributed by atoms with Crippen molar-refractivity contribution in [3.05, 3.63) is 59.4 Å². The van der Waals surface area contributed by atoms with Crippen LogP contribution in [0, 0.1) is 19.8 Å². The second-order valence-electron chi connectivity index (χ2n) is 8.86. The number of aliphatic hydroxyl groups excluding tert-OH is 1. The molecule has 0 spiro atoms. The Morgan fingerprint density at radius 2 is 1.73 bits per heavy atom. The SMILES string of the molecule is CC[Si](CC)(CC)OC1CC(n2nc(C)cc2C)C(c2ccccc2)=CC(O)C1C. The Morgan fingerprint density at radius 3 is 2.27 bits per heavy atom. The van der Waals surface area contributed by atoms with Gasteiger partial charge in [-0.15, -0.1) is 0 Å². The van der Waals surface area contributed by atoms with E-state index in [4.69, 9.17) is 9.52 Å². The minimum Gasteiger partial charge on any atom is -0.413 e. The van der Waals surface area contributed by atoms with Gasteiger partial charge in [0.15, 0.2) is 8.32 Å². The van der Waals surface area contributed by atoms with Crippen molar-refractivity contribution in [2.45, 2.75) is 84.3 Å². The first-order valence-corrected chi connectivity index (χ1v) is 14.0. The smallest absolute Gasteiger partial charge is 0.192 e. The Labute approximate surface area is 183 Å². The Morgan fingerprint density at radius 1 is 1.10 bits per heavy atom. The molecule has 2 aromatic rings. The molecule has 0 aliphatic heterocycles. The van der Waals surface area contributed by atoms with Gasteiger partial charge in [0, 0.05) is 11.6 Å². The lowest BCUT2D eigenvalue weighted by molar-refractivity contribution is 0.0479. The fourth-order valence-electron chi connectivity index (χ4n) is 4.82. The van der Waals surface area contributed by atoms with Gasteiger partial charge in [-0.05, 0) is 61.7 Å². The van der Waals surface area contributed by atoms with E-state index in [1.165, 1.54) is 0 Å². The minimum absolute atomic E-state index is 0.0119. The summed E-state index contributed by atoms with van der Waals surface area (Å²) >= 11 is 0. The van der Waals surface area contributed by atoms with Crippen LogP contribution in [0.1, 0.15) is 57.1 Å². The number of aryl methyl sites for hydroxylation is 2. The van der Waals surface area contributed by atoms with Crippen LogP contribution in [0.5, 0.6) is 0 Å². The number of hydrogen-bond donors (Lipinski definition) is 1. The predicted molar refractivity (Wildman–Crippen MR) is 127 cm³/mol. The third-order valence-corrected chi connectivity index (χ3v) is 11.7. The molecule has 1 aliphatic carbocycles. The summed E-state index contributed by atoms with van der Waals surface area (Å²) in [6.07, 6.45) is 2.36. The highest BCUT2D eigenvalue weighted by molar-refractivity contribution is 6.73. The van der Waals surface area contributed by atoms with Crippen molar-refractivity contribution < 1.29 is 9.53 Å². The first-order valence-electron chi connectivity index (χ1n) is 11.5. The summed E-state index contributed by atoms with van der Waals surface area (Å²) in [7, 11) is -1.80. The molecule has 3 rings (SSSR count). The van der Waals surface area contributed by atoms with Crippen LogP contribution in [-0.4, -0.2) is 35.4 Å². The highest BCUT2D eigenvalue weighted by atomic mass is 28.4. The first-order chi connectivity index (χ1) is 14.3. The molecule has 4 atom stereocenters. The van der Waals surface area contributed by atoms with Crippen molar-refractivity contribution in [1.29, 1.82) is 0 Å². The summed E-state index contributed by atoms with van der Waals surface area (Å²) in [5, 5.41) is 16.0. The molecule has 5 heteroatoms. The molecule has 0 amide bonds. The van der Waals surface area contributed by atoms with Gasteiger partial charge in [0.25, 0.3) is 0 Å². The van der Waals surface area contributed by atoms with Gasteiger partial charge in [-0.25, -0.2) is 0 Å². The quantitative estimate of drug-likeness (QED) is 0.559. The lowest BCUT2D eigenvalue weighted by Gasteiger charge is -2.37. The van der Waals surface area contributed by atoms with Crippen LogP contribution in [-0.2, 0) is 4.43 Å². The molecular weight excluding hydrogens is 388 g/mol. The van der Waals surface area contributed by atoms with E-state index in [1.807, 2.05) is 13.0 Å². The third-order valence-electron chi connectivity index (χ3n) is 7.07. The summed E-state index contributed by atoms with van der Waals surface area (Å²) in [4.78, 5) is 0. The van der Waals surface area contributed by atoms with Crippen molar-refractivity contribution in [2.24, 2.45) is 5.92 Å². The third kappa shape index (κ3) is 4.63. The van der Waals surface area contributed by atoms with Gasteiger partial charge in [0.1, 0.15) is 0 Å². The summed E-state index contributed by atoms with van der Waals surface area (Å²) in [6.45, 7) is 13.1. The number of allylic oxidation sites excluding steroid dienone is 1. The zero-order valence-electron chi connectivity index (χ0n) is 19.4. The maximum Gasteiger partial charge on any atom is 0.192 e. The van der Waals surface area contributed by atoms with Gasteiger partial charge in [0.05, 0.1) is 23.9 Å². The van der Waals surface area contributed by atoms with Gasteiger partial charge in [0.2, 0.25) is 0 Å². The Kier molecular flexibility index (Phi) is 7.37. The van der Waals surface area contributed by atoms with Crippen molar-refractivity contribution >= 4 is 13.9 Å². The molecule has 0 bridgehead atoms. The lowest BCUT2D eigenvalue weighted by Crippen LogP contribution is -2.44. The molecule has 0 saturated heterocycles. The maximum absolute atomic E-state index is 11.1. The molecule has 1 aromatic carbocycles. The van der Waals surface area contributed by atoms with Gasteiger partial charge in [-0.2, -0.15) is 5.10 Å². The van der Waals surface area contributed by atoms with Crippen LogP contribution < -0.4 is 0 Å². The van der Waals surface area contributed by atoms with Crippen LogP contribution >= 0.6 is 0 Å². The number of aromatic nitrogens is 2. The van der Waals surface area contributed by atoms with Crippen molar-refractivity contribution in [3.8, 4) is 0 Å². The Bertz CT molecular complexity index is 849. The molecule has 1 aliphatic rings. The lowest BCUT2D eigenvalue weighted by atomic mass is 9.94. The van der Waals surface area contributed by atoms with E-state index in [1.54, 1.807) is 0 Å². The molecule has 0 saturated carbocycles. The van der Waals surface area contributed by atoms with Crippen LogP contribution in [0.2, 0.25) is 18.1 Å². The molecule has 30 heavy (non-hydrogen) atoms. The van der Waals surface area contributed by atoms with E-state index in [2.05, 4.69) is 75.7 Å². The van der Waals surface area contributed by atoms with E-state index in [-0.39, 0.29) is 18.1 Å². The highest BCUT2D eigenvalue weighted by Crippen LogP contribution is 2.40. The Balaban J connectivity index is 2.07. The van der Waals surface area contributed by atoms with Crippen LogP contribution in [0.25, 0.3) is 5.57 Å². The number of nitrogens with zero attached hydrogens (tertiary/aromatic N) is 2. The number of aliphatic hydroxyl groups is 1. The molecule has 4 nitrogen and oxygen atoms in total. The molecule has 1 aromatic heterocycles. The largest absolute Gasteiger partial charge is 0.413 e. The number of hydrogen-bond acceptors (Lipinski definition) is 3. The Hall–Kier alpha value is -1.69. The van der Waals surface area contributed by atoms with E-state index < -0.39 is 14.4 Å². The van der Waals surface area contributed by atoms with E-state index in [0.29, 0.717) is 0 Å². The molecule has 1 N–H and O–H groups in total.